The number of amides is 1. The standard InChI is InChI=1S/C11H16N4O/c1-7-8(2-3-10(12)15-7)6-14-11(16)9-4-5-13-9/h2-3,9,13H,4-6H2,1H3,(H2,12,15)(H,14,16)/t9-/m0/s1. The van der Waals surface area contributed by atoms with Gasteiger partial charge in [-0.1, -0.05) is 6.07 Å². The van der Waals surface area contributed by atoms with E-state index < -0.39 is 0 Å². The molecular weight excluding hydrogens is 204 g/mol. The van der Waals surface area contributed by atoms with Crippen molar-refractivity contribution in [3.05, 3.63) is 23.4 Å². The fourth-order valence-corrected chi connectivity index (χ4v) is 1.61. The molecule has 1 atom stereocenters. The molecule has 1 amide bonds. The van der Waals surface area contributed by atoms with Crippen LogP contribution in [0.2, 0.25) is 0 Å². The number of aryl methyl sites for hydroxylation is 1. The zero-order chi connectivity index (χ0) is 11.5. The van der Waals surface area contributed by atoms with Crippen molar-refractivity contribution in [2.75, 3.05) is 12.3 Å². The molecule has 4 N–H and O–H groups in total. The molecule has 2 rings (SSSR count). The molecular formula is C11H16N4O. The molecule has 0 aliphatic carbocycles. The summed E-state index contributed by atoms with van der Waals surface area (Å²) in [5, 5.41) is 5.94. The number of hydrogen-bond donors (Lipinski definition) is 3. The minimum absolute atomic E-state index is 0.0120. The third kappa shape index (κ3) is 2.30. The van der Waals surface area contributed by atoms with Crippen LogP contribution in [0.25, 0.3) is 0 Å². The Labute approximate surface area is 94.4 Å². The van der Waals surface area contributed by atoms with Gasteiger partial charge < -0.3 is 16.4 Å². The lowest BCUT2D eigenvalue weighted by molar-refractivity contribution is -0.124. The van der Waals surface area contributed by atoms with E-state index in [1.165, 1.54) is 0 Å². The van der Waals surface area contributed by atoms with E-state index in [1.807, 2.05) is 13.0 Å². The Hall–Kier alpha value is -1.62. The van der Waals surface area contributed by atoms with Gasteiger partial charge in [-0.3, -0.25) is 4.79 Å². The summed E-state index contributed by atoms with van der Waals surface area (Å²) in [4.78, 5) is 15.7. The van der Waals surface area contributed by atoms with E-state index >= 15 is 0 Å². The number of aromatic nitrogens is 1. The molecule has 1 aliphatic heterocycles. The number of nitrogens with one attached hydrogen (secondary N) is 2. The van der Waals surface area contributed by atoms with Gasteiger partial charge in [-0.15, -0.1) is 0 Å². The lowest BCUT2D eigenvalue weighted by Gasteiger charge is -2.26. The number of rotatable bonds is 3. The number of nitrogen functional groups attached to an aromatic ring is 1. The first-order valence-electron chi connectivity index (χ1n) is 5.40. The van der Waals surface area contributed by atoms with Crippen LogP contribution in [-0.2, 0) is 11.3 Å². The monoisotopic (exact) mass is 220 g/mol. The molecule has 0 bridgehead atoms. The zero-order valence-corrected chi connectivity index (χ0v) is 9.29. The van der Waals surface area contributed by atoms with Crippen molar-refractivity contribution in [3.63, 3.8) is 0 Å². The molecule has 0 saturated carbocycles. The Bertz CT molecular complexity index is 401. The van der Waals surface area contributed by atoms with Gasteiger partial charge in [0.15, 0.2) is 0 Å². The van der Waals surface area contributed by atoms with E-state index in [9.17, 15) is 4.79 Å². The minimum Gasteiger partial charge on any atom is -0.384 e. The third-order valence-electron chi connectivity index (χ3n) is 2.81. The number of carbonyl (C=O) groups is 1. The molecule has 5 nitrogen and oxygen atoms in total. The highest BCUT2D eigenvalue weighted by Gasteiger charge is 2.23. The van der Waals surface area contributed by atoms with Gasteiger partial charge in [0.25, 0.3) is 0 Å². The molecule has 5 heteroatoms. The maximum absolute atomic E-state index is 11.6. The van der Waals surface area contributed by atoms with E-state index in [-0.39, 0.29) is 11.9 Å². The molecule has 0 spiro atoms. The summed E-state index contributed by atoms with van der Waals surface area (Å²) in [5.41, 5.74) is 7.42. The summed E-state index contributed by atoms with van der Waals surface area (Å²) in [6, 6.07) is 3.63. The van der Waals surface area contributed by atoms with Gasteiger partial charge >= 0.3 is 0 Å². The number of nitrogens with two attached hydrogens (primary N) is 1. The molecule has 1 aromatic rings. The van der Waals surface area contributed by atoms with E-state index in [0.717, 1.165) is 24.2 Å². The van der Waals surface area contributed by atoms with Crippen LogP contribution in [0.3, 0.4) is 0 Å². The van der Waals surface area contributed by atoms with Crippen molar-refractivity contribution in [2.45, 2.75) is 25.9 Å². The van der Waals surface area contributed by atoms with Crippen LogP contribution in [0.1, 0.15) is 17.7 Å². The van der Waals surface area contributed by atoms with Gasteiger partial charge in [-0.05, 0) is 31.5 Å². The van der Waals surface area contributed by atoms with E-state index in [1.54, 1.807) is 6.07 Å². The number of hydrogen-bond acceptors (Lipinski definition) is 4. The quantitative estimate of drug-likeness (QED) is 0.667. The molecule has 0 radical (unpaired) electrons. The van der Waals surface area contributed by atoms with Crippen molar-refractivity contribution >= 4 is 11.7 Å². The average molecular weight is 220 g/mol. The predicted molar refractivity (Wildman–Crippen MR) is 61.6 cm³/mol. The summed E-state index contributed by atoms with van der Waals surface area (Å²) in [6.07, 6.45) is 0.921. The largest absolute Gasteiger partial charge is 0.384 e. The second-order valence-electron chi connectivity index (χ2n) is 3.99. The highest BCUT2D eigenvalue weighted by Crippen LogP contribution is 2.08. The summed E-state index contributed by atoms with van der Waals surface area (Å²) in [6.45, 7) is 3.33. The van der Waals surface area contributed by atoms with Crippen LogP contribution in [0.4, 0.5) is 5.82 Å². The zero-order valence-electron chi connectivity index (χ0n) is 9.29. The van der Waals surface area contributed by atoms with Crippen LogP contribution in [0.15, 0.2) is 12.1 Å². The van der Waals surface area contributed by atoms with Crippen LogP contribution < -0.4 is 16.4 Å². The summed E-state index contributed by atoms with van der Waals surface area (Å²) in [5.74, 6) is 0.565. The number of nitrogens with zero attached hydrogens (tertiary/aromatic N) is 1. The number of anilines is 1. The SMILES string of the molecule is Cc1nc(N)ccc1CNC(=O)[C@@H]1CCN1. The molecule has 1 aromatic heterocycles. The van der Waals surface area contributed by atoms with Gasteiger partial charge in [-0.2, -0.15) is 0 Å². The van der Waals surface area contributed by atoms with Gasteiger partial charge in [0, 0.05) is 12.2 Å². The van der Waals surface area contributed by atoms with Crippen LogP contribution in [-0.4, -0.2) is 23.5 Å². The van der Waals surface area contributed by atoms with Crippen molar-refractivity contribution < 1.29 is 4.79 Å². The first kappa shape index (κ1) is 10.9. The van der Waals surface area contributed by atoms with Gasteiger partial charge in [0.2, 0.25) is 5.91 Å². The van der Waals surface area contributed by atoms with Gasteiger partial charge in [-0.25, -0.2) is 4.98 Å². The van der Waals surface area contributed by atoms with E-state index in [2.05, 4.69) is 15.6 Å². The van der Waals surface area contributed by atoms with E-state index in [0.29, 0.717) is 12.4 Å². The van der Waals surface area contributed by atoms with Crippen molar-refractivity contribution in [3.8, 4) is 0 Å². The molecule has 1 fully saturated rings. The van der Waals surface area contributed by atoms with Gasteiger partial charge in [0.1, 0.15) is 5.82 Å². The van der Waals surface area contributed by atoms with Crippen molar-refractivity contribution in [1.29, 1.82) is 0 Å². The predicted octanol–water partition coefficient (Wildman–Crippen LogP) is -0.0497. The Kier molecular flexibility index (Phi) is 3.05. The second-order valence-corrected chi connectivity index (χ2v) is 3.99. The molecule has 1 saturated heterocycles. The van der Waals surface area contributed by atoms with E-state index in [4.69, 9.17) is 5.73 Å². The first-order valence-corrected chi connectivity index (χ1v) is 5.40. The van der Waals surface area contributed by atoms with Crippen LogP contribution >= 0.6 is 0 Å². The molecule has 16 heavy (non-hydrogen) atoms. The van der Waals surface area contributed by atoms with Crippen molar-refractivity contribution in [2.24, 2.45) is 0 Å². The first-order chi connectivity index (χ1) is 7.66. The molecule has 1 aliphatic rings. The number of pyridine rings is 1. The average Bonchev–Trinajstić information content (AvgIpc) is 2.13. The summed E-state index contributed by atoms with van der Waals surface area (Å²) >= 11 is 0. The number of carbonyl (C=O) groups excluding carboxylic acids is 1. The molecule has 0 aromatic carbocycles. The minimum atomic E-state index is -0.0120. The third-order valence-corrected chi connectivity index (χ3v) is 2.81. The Balaban J connectivity index is 1.91. The van der Waals surface area contributed by atoms with Crippen LogP contribution in [0.5, 0.6) is 0 Å². The Morgan fingerprint density at radius 2 is 2.44 bits per heavy atom. The highest BCUT2D eigenvalue weighted by molar-refractivity contribution is 5.82. The maximum Gasteiger partial charge on any atom is 0.237 e. The molecule has 2 heterocycles. The Morgan fingerprint density at radius 1 is 1.69 bits per heavy atom. The summed E-state index contributed by atoms with van der Waals surface area (Å²) < 4.78 is 0. The maximum atomic E-state index is 11.6. The lowest BCUT2D eigenvalue weighted by Crippen LogP contribution is -2.53. The molecule has 86 valence electrons. The smallest absolute Gasteiger partial charge is 0.237 e. The van der Waals surface area contributed by atoms with Crippen LogP contribution in [0, 0.1) is 6.92 Å². The highest BCUT2D eigenvalue weighted by atomic mass is 16.2. The second kappa shape index (κ2) is 4.49. The van der Waals surface area contributed by atoms with Crippen molar-refractivity contribution in [1.82, 2.24) is 15.6 Å². The normalized spacial score (nSPS) is 18.9. The Morgan fingerprint density at radius 3 is 3.00 bits per heavy atom. The fourth-order valence-electron chi connectivity index (χ4n) is 1.61. The van der Waals surface area contributed by atoms with Gasteiger partial charge in [0.05, 0.1) is 6.04 Å². The molecule has 0 unspecified atom stereocenters. The fraction of sp³-hybridized carbons (Fsp3) is 0.455. The topological polar surface area (TPSA) is 80.0 Å². The lowest BCUT2D eigenvalue weighted by atomic mass is 10.1. The summed E-state index contributed by atoms with van der Waals surface area (Å²) in [7, 11) is 0.